The number of carbonyl (C=O) groups excluding carboxylic acids is 1. The summed E-state index contributed by atoms with van der Waals surface area (Å²) in [4.78, 5) is 31.5. The van der Waals surface area contributed by atoms with E-state index in [0.717, 1.165) is 29.9 Å². The molecule has 0 radical (unpaired) electrons. The van der Waals surface area contributed by atoms with E-state index >= 15 is 0 Å². The van der Waals surface area contributed by atoms with E-state index in [9.17, 15) is 9.18 Å². The van der Waals surface area contributed by atoms with Crippen molar-refractivity contribution in [2.75, 3.05) is 42.9 Å². The van der Waals surface area contributed by atoms with Gasteiger partial charge in [-0.15, -0.1) is 0 Å². The largest absolute Gasteiger partial charge is 0.368 e. The zero-order valence-electron chi connectivity index (χ0n) is 23.4. The number of amides is 1. The number of imidazole rings is 1. The predicted octanol–water partition coefficient (Wildman–Crippen LogP) is 5.60. The SMILES string of the molecule is CCCCC(CC)CNc1nc(N2CCN(C(=O)c3ccc(F)cc3)CC2)nc2c1ncn2Cc1ccccc1. The summed E-state index contributed by atoms with van der Waals surface area (Å²) in [6.07, 6.45) is 6.55. The number of hydrogen-bond acceptors (Lipinski definition) is 6. The number of halogens is 1. The molecule has 2 aromatic carbocycles. The Balaban J connectivity index is 1.37. The van der Waals surface area contributed by atoms with Gasteiger partial charge >= 0.3 is 0 Å². The maximum atomic E-state index is 13.3. The minimum Gasteiger partial charge on any atom is -0.368 e. The molecule has 1 aliphatic rings. The standard InChI is InChI=1S/C31H38FN7O/c1-3-5-9-23(4-2)20-33-28-27-29(39(22-34-27)21-24-10-7-6-8-11-24)36-31(35-28)38-18-16-37(17-19-38)30(40)25-12-14-26(32)15-13-25/h6-8,10-15,22-23H,3-5,9,16-21H2,1-2H3,(H,33,35,36). The van der Waals surface area contributed by atoms with E-state index < -0.39 is 0 Å². The van der Waals surface area contributed by atoms with Crippen LogP contribution in [0.2, 0.25) is 0 Å². The summed E-state index contributed by atoms with van der Waals surface area (Å²) in [6, 6.07) is 16.0. The third-order valence-corrected chi connectivity index (χ3v) is 7.69. The molecule has 9 heteroatoms. The molecule has 1 unspecified atom stereocenters. The molecule has 3 heterocycles. The van der Waals surface area contributed by atoms with Gasteiger partial charge in [-0.05, 0) is 42.2 Å². The van der Waals surface area contributed by atoms with E-state index in [1.54, 1.807) is 4.90 Å². The van der Waals surface area contributed by atoms with Crippen LogP contribution < -0.4 is 10.2 Å². The Morgan fingerprint density at radius 2 is 1.75 bits per heavy atom. The van der Waals surface area contributed by atoms with Crippen LogP contribution in [0.25, 0.3) is 11.2 Å². The molecule has 1 atom stereocenters. The zero-order valence-corrected chi connectivity index (χ0v) is 23.4. The van der Waals surface area contributed by atoms with E-state index in [2.05, 4.69) is 40.8 Å². The minimum absolute atomic E-state index is 0.0861. The molecule has 1 fully saturated rings. The summed E-state index contributed by atoms with van der Waals surface area (Å²) in [6.45, 7) is 8.28. The van der Waals surface area contributed by atoms with Crippen LogP contribution >= 0.6 is 0 Å². The molecule has 0 saturated carbocycles. The number of nitrogens with zero attached hydrogens (tertiary/aromatic N) is 6. The quantitative estimate of drug-likeness (QED) is 0.265. The van der Waals surface area contributed by atoms with Crippen molar-refractivity contribution in [2.45, 2.75) is 46.1 Å². The molecule has 1 amide bonds. The van der Waals surface area contributed by atoms with Crippen LogP contribution in [0.4, 0.5) is 16.2 Å². The predicted molar refractivity (Wildman–Crippen MR) is 157 cm³/mol. The zero-order chi connectivity index (χ0) is 27.9. The Kier molecular flexibility index (Phi) is 8.88. The van der Waals surface area contributed by atoms with Crippen molar-refractivity contribution in [1.82, 2.24) is 24.4 Å². The summed E-state index contributed by atoms with van der Waals surface area (Å²) >= 11 is 0. The van der Waals surface area contributed by atoms with Gasteiger partial charge in [-0.25, -0.2) is 9.37 Å². The maximum absolute atomic E-state index is 13.3. The first-order valence-corrected chi connectivity index (χ1v) is 14.4. The van der Waals surface area contributed by atoms with Crippen molar-refractivity contribution in [3.05, 3.63) is 77.9 Å². The Bertz CT molecular complexity index is 1400. The molecule has 1 N–H and O–H groups in total. The maximum Gasteiger partial charge on any atom is 0.253 e. The number of carbonyl (C=O) groups is 1. The van der Waals surface area contributed by atoms with Gasteiger partial charge in [-0.2, -0.15) is 9.97 Å². The van der Waals surface area contributed by atoms with Gasteiger partial charge in [0.1, 0.15) is 5.82 Å². The molecule has 5 rings (SSSR count). The van der Waals surface area contributed by atoms with Gasteiger partial charge in [-0.1, -0.05) is 63.4 Å². The topological polar surface area (TPSA) is 79.2 Å². The normalized spacial score (nSPS) is 14.5. The van der Waals surface area contributed by atoms with Crippen LogP contribution in [0.3, 0.4) is 0 Å². The Labute approximate surface area is 235 Å². The third-order valence-electron chi connectivity index (χ3n) is 7.69. The lowest BCUT2D eigenvalue weighted by molar-refractivity contribution is 0.0746. The first-order valence-electron chi connectivity index (χ1n) is 14.4. The molecule has 210 valence electrons. The van der Waals surface area contributed by atoms with Crippen LogP contribution in [-0.4, -0.2) is 63.0 Å². The highest BCUT2D eigenvalue weighted by Gasteiger charge is 2.25. The number of rotatable bonds is 11. The van der Waals surface area contributed by atoms with Gasteiger partial charge in [0.2, 0.25) is 5.95 Å². The number of hydrogen-bond donors (Lipinski definition) is 1. The van der Waals surface area contributed by atoms with Crippen molar-refractivity contribution in [3.63, 3.8) is 0 Å². The van der Waals surface area contributed by atoms with Crippen molar-refractivity contribution in [1.29, 1.82) is 0 Å². The molecular formula is C31H38FN7O. The Morgan fingerprint density at radius 3 is 2.45 bits per heavy atom. The fourth-order valence-corrected chi connectivity index (χ4v) is 5.16. The van der Waals surface area contributed by atoms with E-state index in [1.165, 1.54) is 49.1 Å². The molecule has 8 nitrogen and oxygen atoms in total. The highest BCUT2D eigenvalue weighted by molar-refractivity contribution is 5.94. The molecule has 1 aliphatic heterocycles. The highest BCUT2D eigenvalue weighted by Crippen LogP contribution is 2.25. The number of nitrogens with one attached hydrogen (secondary N) is 1. The summed E-state index contributed by atoms with van der Waals surface area (Å²) in [5.41, 5.74) is 3.24. The van der Waals surface area contributed by atoms with Crippen LogP contribution in [-0.2, 0) is 6.54 Å². The smallest absolute Gasteiger partial charge is 0.253 e. The fraction of sp³-hybridized carbons (Fsp3) is 0.419. The molecule has 1 saturated heterocycles. The number of anilines is 2. The minimum atomic E-state index is -0.347. The Morgan fingerprint density at radius 1 is 1.00 bits per heavy atom. The summed E-state index contributed by atoms with van der Waals surface area (Å²) in [5, 5.41) is 3.61. The van der Waals surface area contributed by atoms with Crippen LogP contribution in [0.5, 0.6) is 0 Å². The molecule has 40 heavy (non-hydrogen) atoms. The fourth-order valence-electron chi connectivity index (χ4n) is 5.16. The summed E-state index contributed by atoms with van der Waals surface area (Å²) < 4.78 is 15.4. The summed E-state index contributed by atoms with van der Waals surface area (Å²) in [5.74, 6) is 1.53. The van der Waals surface area contributed by atoms with E-state index in [4.69, 9.17) is 15.0 Å². The average molecular weight is 544 g/mol. The van der Waals surface area contributed by atoms with E-state index in [-0.39, 0.29) is 11.7 Å². The molecule has 0 spiro atoms. The lowest BCUT2D eigenvalue weighted by atomic mass is 9.99. The van der Waals surface area contributed by atoms with Crippen LogP contribution in [0.1, 0.15) is 55.5 Å². The van der Waals surface area contributed by atoms with Gasteiger partial charge in [0.25, 0.3) is 5.91 Å². The Hall–Kier alpha value is -4.01. The van der Waals surface area contributed by atoms with Crippen LogP contribution in [0, 0.1) is 11.7 Å². The lowest BCUT2D eigenvalue weighted by Crippen LogP contribution is -2.49. The number of unbranched alkanes of at least 4 members (excludes halogenated alkanes) is 1. The molecule has 0 aliphatic carbocycles. The number of aromatic nitrogens is 4. The van der Waals surface area contributed by atoms with Crippen molar-refractivity contribution in [2.24, 2.45) is 5.92 Å². The highest BCUT2D eigenvalue weighted by atomic mass is 19.1. The van der Waals surface area contributed by atoms with Gasteiger partial charge in [0, 0.05) is 38.3 Å². The number of benzene rings is 2. The van der Waals surface area contributed by atoms with Gasteiger partial charge in [0.15, 0.2) is 17.0 Å². The first-order chi connectivity index (χ1) is 19.6. The molecule has 4 aromatic rings. The number of fused-ring (bicyclic) bond motifs is 1. The van der Waals surface area contributed by atoms with Crippen LogP contribution in [0.15, 0.2) is 60.9 Å². The van der Waals surface area contributed by atoms with Crippen molar-refractivity contribution < 1.29 is 9.18 Å². The molecule has 0 bridgehead atoms. The average Bonchev–Trinajstić information content (AvgIpc) is 3.40. The molecule has 2 aromatic heterocycles. The van der Waals surface area contributed by atoms with Gasteiger partial charge in [0.05, 0.1) is 12.9 Å². The monoisotopic (exact) mass is 543 g/mol. The second kappa shape index (κ2) is 12.9. The van der Waals surface area contributed by atoms with Gasteiger partial charge < -0.3 is 19.7 Å². The van der Waals surface area contributed by atoms with Crippen molar-refractivity contribution >= 4 is 28.8 Å². The lowest BCUT2D eigenvalue weighted by Gasteiger charge is -2.35. The second-order valence-electron chi connectivity index (χ2n) is 10.5. The van der Waals surface area contributed by atoms with E-state index in [1.807, 2.05) is 24.5 Å². The van der Waals surface area contributed by atoms with Crippen molar-refractivity contribution in [3.8, 4) is 0 Å². The second-order valence-corrected chi connectivity index (χ2v) is 10.5. The number of piperazine rings is 1. The third kappa shape index (κ3) is 6.41. The first kappa shape index (κ1) is 27.6. The summed E-state index contributed by atoms with van der Waals surface area (Å²) in [7, 11) is 0. The van der Waals surface area contributed by atoms with E-state index in [0.29, 0.717) is 50.2 Å². The molecular weight excluding hydrogens is 505 g/mol. The van der Waals surface area contributed by atoms with Gasteiger partial charge in [-0.3, -0.25) is 4.79 Å².